The van der Waals surface area contributed by atoms with Gasteiger partial charge in [-0.15, -0.1) is 0 Å². The van der Waals surface area contributed by atoms with Crippen LogP contribution in [0.15, 0.2) is 12.3 Å². The molecule has 0 aliphatic carbocycles. The van der Waals surface area contributed by atoms with E-state index in [9.17, 15) is 0 Å². The molecule has 0 aliphatic heterocycles. The Hall–Kier alpha value is -2.18. The number of anilines is 1. The molecule has 7 nitrogen and oxygen atoms in total. The van der Waals surface area contributed by atoms with Gasteiger partial charge in [0.05, 0.1) is 11.8 Å². The highest BCUT2D eigenvalue weighted by Crippen LogP contribution is 2.12. The highest BCUT2D eigenvalue weighted by Gasteiger charge is 2.10. The molecular weight excluding hydrogens is 244 g/mol. The molecule has 7 heteroatoms. The second-order valence-electron chi connectivity index (χ2n) is 4.34. The molecular formula is C12H18N6O. The van der Waals surface area contributed by atoms with Crippen LogP contribution in [0.2, 0.25) is 0 Å². The minimum absolute atomic E-state index is 0.00378. The number of rotatable bonds is 5. The van der Waals surface area contributed by atoms with Crippen LogP contribution in [0.1, 0.15) is 26.5 Å². The summed E-state index contributed by atoms with van der Waals surface area (Å²) in [5.41, 5.74) is 0.900. The first-order valence-electron chi connectivity index (χ1n) is 6.27. The summed E-state index contributed by atoms with van der Waals surface area (Å²) < 4.78 is 7.13. The van der Waals surface area contributed by atoms with Gasteiger partial charge in [0.1, 0.15) is 0 Å². The number of aryl methyl sites for hydroxylation is 1. The maximum atomic E-state index is 5.53. The van der Waals surface area contributed by atoms with Gasteiger partial charge >= 0.3 is 6.01 Å². The van der Waals surface area contributed by atoms with E-state index in [1.54, 1.807) is 10.9 Å². The molecule has 0 aromatic carbocycles. The molecule has 0 amide bonds. The smallest absolute Gasteiger partial charge is 0.323 e. The van der Waals surface area contributed by atoms with Crippen LogP contribution < -0.4 is 10.1 Å². The highest BCUT2D eigenvalue weighted by molar-refractivity contribution is 5.30. The van der Waals surface area contributed by atoms with Crippen molar-refractivity contribution in [2.45, 2.75) is 33.8 Å². The molecule has 2 rings (SSSR count). The van der Waals surface area contributed by atoms with E-state index >= 15 is 0 Å². The van der Waals surface area contributed by atoms with Crippen molar-refractivity contribution < 1.29 is 4.74 Å². The molecule has 0 saturated carbocycles. The summed E-state index contributed by atoms with van der Waals surface area (Å²) in [5.74, 6) is 0.922. The van der Waals surface area contributed by atoms with E-state index in [-0.39, 0.29) is 6.10 Å². The third-order valence-electron chi connectivity index (χ3n) is 2.21. The molecule has 0 radical (unpaired) electrons. The first-order valence-corrected chi connectivity index (χ1v) is 6.27. The lowest BCUT2D eigenvalue weighted by atomic mass is 10.5. The van der Waals surface area contributed by atoms with Gasteiger partial charge in [0, 0.05) is 12.7 Å². The number of hydrogen-bond donors (Lipinski definition) is 1. The van der Waals surface area contributed by atoms with E-state index in [0.29, 0.717) is 17.9 Å². The molecule has 0 unspecified atom stereocenters. The zero-order valence-corrected chi connectivity index (χ0v) is 11.6. The summed E-state index contributed by atoms with van der Waals surface area (Å²) in [7, 11) is 0. The van der Waals surface area contributed by atoms with Gasteiger partial charge in [0.2, 0.25) is 5.95 Å². The summed E-state index contributed by atoms with van der Waals surface area (Å²) in [4.78, 5) is 12.8. The molecule has 1 N–H and O–H groups in total. The second-order valence-corrected chi connectivity index (χ2v) is 4.34. The standard InChI is InChI=1S/C12H18N6O/c1-5-13-10-14-11(18-7-6-9(4)17-18)16-12(15-10)19-8(2)3/h6-8H,5H2,1-4H3,(H,13,14,15,16). The Labute approximate surface area is 112 Å². The highest BCUT2D eigenvalue weighted by atomic mass is 16.5. The third-order valence-corrected chi connectivity index (χ3v) is 2.21. The van der Waals surface area contributed by atoms with Gasteiger partial charge < -0.3 is 10.1 Å². The molecule has 0 fully saturated rings. The Balaban J connectivity index is 2.38. The fourth-order valence-corrected chi connectivity index (χ4v) is 1.48. The van der Waals surface area contributed by atoms with Gasteiger partial charge in [-0.25, -0.2) is 4.68 Å². The Morgan fingerprint density at radius 2 is 2.11 bits per heavy atom. The lowest BCUT2D eigenvalue weighted by molar-refractivity contribution is 0.221. The molecule has 0 atom stereocenters. The van der Waals surface area contributed by atoms with E-state index in [2.05, 4.69) is 25.4 Å². The molecule has 0 saturated heterocycles. The van der Waals surface area contributed by atoms with Crippen LogP contribution in [0, 0.1) is 6.92 Å². The van der Waals surface area contributed by atoms with Crippen LogP contribution in [-0.2, 0) is 0 Å². The Morgan fingerprint density at radius 3 is 2.68 bits per heavy atom. The summed E-state index contributed by atoms with van der Waals surface area (Å²) in [5, 5.41) is 7.34. The van der Waals surface area contributed by atoms with Gasteiger partial charge in [-0.2, -0.15) is 20.1 Å². The fourth-order valence-electron chi connectivity index (χ4n) is 1.48. The average Bonchev–Trinajstić information content (AvgIpc) is 2.75. The minimum Gasteiger partial charge on any atom is -0.461 e. The third kappa shape index (κ3) is 3.40. The van der Waals surface area contributed by atoms with Crippen LogP contribution in [0.4, 0.5) is 5.95 Å². The van der Waals surface area contributed by atoms with Crippen molar-refractivity contribution in [2.24, 2.45) is 0 Å². The topological polar surface area (TPSA) is 77.8 Å². The summed E-state index contributed by atoms with van der Waals surface area (Å²) >= 11 is 0. The van der Waals surface area contributed by atoms with Crippen LogP contribution in [0.5, 0.6) is 6.01 Å². The summed E-state index contributed by atoms with van der Waals surface area (Å²) in [6.07, 6.45) is 1.81. The molecule has 102 valence electrons. The van der Waals surface area contributed by atoms with Crippen molar-refractivity contribution in [3.05, 3.63) is 18.0 Å². The molecule has 2 aromatic heterocycles. The van der Waals surface area contributed by atoms with Gasteiger partial charge in [-0.05, 0) is 33.8 Å². The summed E-state index contributed by atoms with van der Waals surface area (Å²) in [6, 6.07) is 2.18. The van der Waals surface area contributed by atoms with E-state index in [0.717, 1.165) is 12.2 Å². The number of nitrogens with zero attached hydrogens (tertiary/aromatic N) is 5. The predicted octanol–water partition coefficient (Wildman–Crippen LogP) is 1.58. The largest absolute Gasteiger partial charge is 0.461 e. The van der Waals surface area contributed by atoms with E-state index < -0.39 is 0 Å². The quantitative estimate of drug-likeness (QED) is 0.881. The van der Waals surface area contributed by atoms with Gasteiger partial charge in [0.15, 0.2) is 0 Å². The predicted molar refractivity (Wildman–Crippen MR) is 71.6 cm³/mol. The lowest BCUT2D eigenvalue weighted by Crippen LogP contribution is -2.14. The summed E-state index contributed by atoms with van der Waals surface area (Å²) in [6.45, 7) is 8.46. The molecule has 0 aliphatic rings. The monoisotopic (exact) mass is 262 g/mol. The van der Waals surface area contributed by atoms with Crippen LogP contribution >= 0.6 is 0 Å². The van der Waals surface area contributed by atoms with Crippen molar-refractivity contribution in [3.8, 4) is 12.0 Å². The SMILES string of the molecule is CCNc1nc(OC(C)C)nc(-n2ccc(C)n2)n1. The molecule has 0 bridgehead atoms. The average molecular weight is 262 g/mol. The van der Waals surface area contributed by atoms with Gasteiger partial charge in [-0.1, -0.05) is 0 Å². The Bertz CT molecular complexity index is 551. The molecule has 2 heterocycles. The number of nitrogens with one attached hydrogen (secondary N) is 1. The number of ether oxygens (including phenoxy) is 1. The van der Waals surface area contributed by atoms with Crippen molar-refractivity contribution in [1.82, 2.24) is 24.7 Å². The maximum Gasteiger partial charge on any atom is 0.323 e. The molecule has 0 spiro atoms. The Morgan fingerprint density at radius 1 is 1.32 bits per heavy atom. The van der Waals surface area contributed by atoms with Crippen molar-refractivity contribution >= 4 is 5.95 Å². The zero-order valence-electron chi connectivity index (χ0n) is 11.6. The fraction of sp³-hybridized carbons (Fsp3) is 0.500. The van der Waals surface area contributed by atoms with Crippen molar-refractivity contribution in [2.75, 3.05) is 11.9 Å². The maximum absolute atomic E-state index is 5.53. The van der Waals surface area contributed by atoms with Crippen LogP contribution in [-0.4, -0.2) is 37.4 Å². The molecule has 2 aromatic rings. The van der Waals surface area contributed by atoms with Crippen LogP contribution in [0.3, 0.4) is 0 Å². The van der Waals surface area contributed by atoms with E-state index in [1.165, 1.54) is 0 Å². The van der Waals surface area contributed by atoms with Gasteiger partial charge in [0.25, 0.3) is 5.95 Å². The number of hydrogen-bond acceptors (Lipinski definition) is 6. The Kier molecular flexibility index (Phi) is 3.94. The van der Waals surface area contributed by atoms with E-state index in [1.807, 2.05) is 33.8 Å². The lowest BCUT2D eigenvalue weighted by Gasteiger charge is -2.10. The van der Waals surface area contributed by atoms with Crippen LogP contribution in [0.25, 0.3) is 5.95 Å². The zero-order chi connectivity index (χ0) is 13.8. The normalized spacial score (nSPS) is 10.8. The molecule has 19 heavy (non-hydrogen) atoms. The van der Waals surface area contributed by atoms with Crippen molar-refractivity contribution in [3.63, 3.8) is 0 Å². The number of aromatic nitrogens is 5. The van der Waals surface area contributed by atoms with Gasteiger partial charge in [-0.3, -0.25) is 0 Å². The first-order chi connectivity index (χ1) is 9.08. The minimum atomic E-state index is 0.00378. The van der Waals surface area contributed by atoms with Crippen molar-refractivity contribution in [1.29, 1.82) is 0 Å². The second kappa shape index (κ2) is 5.64. The first kappa shape index (κ1) is 13.3. The van der Waals surface area contributed by atoms with E-state index in [4.69, 9.17) is 4.74 Å².